The van der Waals surface area contributed by atoms with E-state index in [4.69, 9.17) is 26.2 Å². The van der Waals surface area contributed by atoms with Crippen LogP contribution in [0.4, 0.5) is 4.39 Å². The molecule has 0 spiro atoms. The molecule has 2 aromatic carbocycles. The van der Waals surface area contributed by atoms with Crippen molar-refractivity contribution in [2.75, 3.05) is 26.3 Å². The van der Waals surface area contributed by atoms with Crippen molar-refractivity contribution in [1.29, 1.82) is 0 Å². The van der Waals surface area contributed by atoms with Crippen LogP contribution in [0.1, 0.15) is 25.0 Å². The molecule has 1 heterocycles. The molecule has 1 aliphatic rings. The van der Waals surface area contributed by atoms with Crippen LogP contribution in [0.15, 0.2) is 42.5 Å². The van der Waals surface area contributed by atoms with E-state index in [1.54, 1.807) is 30.3 Å². The zero-order valence-electron chi connectivity index (χ0n) is 18.7. The number of hydrogen-bond acceptors (Lipinski definition) is 5. The van der Waals surface area contributed by atoms with Gasteiger partial charge in [-0.15, -0.1) is 0 Å². The number of benzene rings is 2. The highest BCUT2D eigenvalue weighted by Crippen LogP contribution is 2.24. The summed E-state index contributed by atoms with van der Waals surface area (Å²) in [5.41, 5.74) is 1.60. The van der Waals surface area contributed by atoms with Crippen molar-refractivity contribution in [2.24, 2.45) is 0 Å². The summed E-state index contributed by atoms with van der Waals surface area (Å²) < 4.78 is 24.1. The second-order valence-corrected chi connectivity index (χ2v) is 8.66. The Hall–Kier alpha value is -2.68. The third-order valence-corrected chi connectivity index (χ3v) is 5.83. The van der Waals surface area contributed by atoms with Gasteiger partial charge in [0.15, 0.2) is 6.61 Å². The molecule has 0 aromatic heterocycles. The van der Waals surface area contributed by atoms with Crippen LogP contribution in [-0.2, 0) is 27.5 Å². The minimum Gasteiger partial charge on any atom is -0.483 e. The van der Waals surface area contributed by atoms with E-state index in [1.165, 1.54) is 12.1 Å². The maximum atomic E-state index is 13.2. The van der Waals surface area contributed by atoms with Gasteiger partial charge in [0.1, 0.15) is 18.2 Å². The molecule has 1 aliphatic heterocycles. The van der Waals surface area contributed by atoms with Gasteiger partial charge in [0, 0.05) is 42.3 Å². The van der Waals surface area contributed by atoms with Crippen LogP contribution in [0.3, 0.4) is 0 Å². The molecule has 7 nitrogen and oxygen atoms in total. The van der Waals surface area contributed by atoms with Crippen molar-refractivity contribution in [3.8, 4) is 5.75 Å². The second-order valence-electron chi connectivity index (χ2n) is 8.23. The molecule has 0 radical (unpaired) electrons. The number of halogens is 2. The van der Waals surface area contributed by atoms with E-state index in [9.17, 15) is 14.0 Å². The van der Waals surface area contributed by atoms with Crippen LogP contribution in [0.2, 0.25) is 5.02 Å². The molecule has 2 aromatic rings. The first kappa shape index (κ1) is 25.0. The van der Waals surface area contributed by atoms with E-state index in [-0.39, 0.29) is 37.0 Å². The number of piperazine rings is 1. The van der Waals surface area contributed by atoms with E-state index in [2.05, 4.69) is 11.8 Å². The average molecular weight is 479 g/mol. The number of carboxylic acids is 1. The lowest BCUT2D eigenvalue weighted by atomic mass is 10.1. The molecule has 2 atom stereocenters. The zero-order chi connectivity index (χ0) is 24.0. The fraction of sp³-hybridized carbons (Fsp3) is 0.417. The first-order chi connectivity index (χ1) is 15.7. The number of rotatable bonds is 9. The second kappa shape index (κ2) is 11.4. The summed E-state index contributed by atoms with van der Waals surface area (Å²) in [5.74, 6) is -1.04. The van der Waals surface area contributed by atoms with Crippen LogP contribution in [-0.4, -0.2) is 65.2 Å². The van der Waals surface area contributed by atoms with Crippen molar-refractivity contribution in [3.63, 3.8) is 0 Å². The van der Waals surface area contributed by atoms with Crippen molar-refractivity contribution in [3.05, 3.63) is 64.4 Å². The van der Waals surface area contributed by atoms with Gasteiger partial charge in [-0.3, -0.25) is 9.69 Å². The molecule has 9 heteroatoms. The van der Waals surface area contributed by atoms with E-state index in [0.29, 0.717) is 36.0 Å². The Kier molecular flexibility index (Phi) is 8.66. The number of carboxylic acid groups (broad SMARTS) is 1. The first-order valence-electron chi connectivity index (χ1n) is 10.7. The van der Waals surface area contributed by atoms with E-state index < -0.39 is 12.6 Å². The number of ether oxygens (including phenoxy) is 2. The van der Waals surface area contributed by atoms with Gasteiger partial charge < -0.3 is 19.5 Å². The first-order valence-corrected chi connectivity index (χ1v) is 11.1. The molecular weight excluding hydrogens is 451 g/mol. The third kappa shape index (κ3) is 7.15. The summed E-state index contributed by atoms with van der Waals surface area (Å²) in [6, 6.07) is 11.5. The van der Waals surface area contributed by atoms with E-state index in [1.807, 2.05) is 11.8 Å². The monoisotopic (exact) mass is 478 g/mol. The predicted molar refractivity (Wildman–Crippen MR) is 122 cm³/mol. The number of carbonyl (C=O) groups excluding carboxylic acids is 1. The molecule has 0 bridgehead atoms. The van der Waals surface area contributed by atoms with Crippen LogP contribution in [0.5, 0.6) is 5.75 Å². The lowest BCUT2D eigenvalue weighted by Gasteiger charge is -2.44. The normalized spacial score (nSPS) is 18.8. The summed E-state index contributed by atoms with van der Waals surface area (Å²) in [7, 11) is 0. The van der Waals surface area contributed by atoms with Crippen LogP contribution in [0.25, 0.3) is 0 Å². The van der Waals surface area contributed by atoms with Gasteiger partial charge in [0.25, 0.3) is 5.91 Å². The predicted octanol–water partition coefficient (Wildman–Crippen LogP) is 3.58. The Morgan fingerprint density at radius 1 is 1.09 bits per heavy atom. The standard InChI is InChI=1S/C24H28ClFN2O5/c1-16-11-28(17(2)10-27(16)12-18-3-6-21(26)7-4-18)23(29)14-33-22-8-5-20(25)9-19(22)13-32-15-24(30)31/h3-9,16-17H,10-15H2,1-2H3,(H,30,31). The Morgan fingerprint density at radius 2 is 1.82 bits per heavy atom. The van der Waals surface area contributed by atoms with Gasteiger partial charge >= 0.3 is 5.97 Å². The number of aliphatic carboxylic acids is 1. The fourth-order valence-corrected chi connectivity index (χ4v) is 4.06. The largest absolute Gasteiger partial charge is 0.483 e. The number of hydrogen-bond donors (Lipinski definition) is 1. The number of nitrogens with zero attached hydrogens (tertiary/aromatic N) is 2. The van der Waals surface area contributed by atoms with Crippen molar-refractivity contribution < 1.29 is 28.6 Å². The maximum absolute atomic E-state index is 13.2. The number of carbonyl (C=O) groups is 2. The summed E-state index contributed by atoms with van der Waals surface area (Å²) >= 11 is 6.03. The Bertz CT molecular complexity index is 972. The summed E-state index contributed by atoms with van der Waals surface area (Å²) in [6.45, 7) is 5.41. The van der Waals surface area contributed by atoms with Crippen LogP contribution in [0, 0.1) is 5.82 Å². The SMILES string of the molecule is CC1CN(C(=O)COc2ccc(Cl)cc2COCC(=O)O)C(C)CN1Cc1ccc(F)cc1. The smallest absolute Gasteiger partial charge is 0.329 e. The molecule has 1 N–H and O–H groups in total. The third-order valence-electron chi connectivity index (χ3n) is 5.59. The summed E-state index contributed by atoms with van der Waals surface area (Å²) in [5, 5.41) is 9.20. The highest BCUT2D eigenvalue weighted by atomic mass is 35.5. The topological polar surface area (TPSA) is 79.3 Å². The van der Waals surface area contributed by atoms with E-state index in [0.717, 1.165) is 5.56 Å². The fourth-order valence-electron chi connectivity index (χ4n) is 3.86. The van der Waals surface area contributed by atoms with Gasteiger partial charge in [-0.25, -0.2) is 9.18 Å². The summed E-state index contributed by atoms with van der Waals surface area (Å²) in [4.78, 5) is 27.7. The highest BCUT2D eigenvalue weighted by molar-refractivity contribution is 6.30. The molecule has 0 aliphatic carbocycles. The Morgan fingerprint density at radius 3 is 2.52 bits per heavy atom. The van der Waals surface area contributed by atoms with Gasteiger partial charge in [-0.05, 0) is 49.7 Å². The van der Waals surface area contributed by atoms with Gasteiger partial charge in [-0.1, -0.05) is 23.7 Å². The van der Waals surface area contributed by atoms with Gasteiger partial charge in [0.2, 0.25) is 0 Å². The van der Waals surface area contributed by atoms with Gasteiger partial charge in [-0.2, -0.15) is 0 Å². The molecule has 1 fully saturated rings. The molecule has 178 valence electrons. The van der Waals surface area contributed by atoms with Crippen molar-refractivity contribution in [2.45, 2.75) is 39.1 Å². The minimum absolute atomic E-state index is 0.00583. The van der Waals surface area contributed by atoms with Crippen LogP contribution < -0.4 is 4.74 Å². The molecule has 2 unspecified atom stereocenters. The molecule has 1 amide bonds. The molecule has 33 heavy (non-hydrogen) atoms. The molecule has 0 saturated carbocycles. The quantitative estimate of drug-likeness (QED) is 0.593. The molecule has 1 saturated heterocycles. The van der Waals surface area contributed by atoms with Crippen molar-refractivity contribution >= 4 is 23.5 Å². The zero-order valence-corrected chi connectivity index (χ0v) is 19.4. The maximum Gasteiger partial charge on any atom is 0.329 e. The van der Waals surface area contributed by atoms with E-state index >= 15 is 0 Å². The lowest BCUT2D eigenvalue weighted by molar-refractivity contribution is -0.142. The van der Waals surface area contributed by atoms with Crippen molar-refractivity contribution in [1.82, 2.24) is 9.80 Å². The van der Waals surface area contributed by atoms with Crippen LogP contribution >= 0.6 is 11.6 Å². The number of amides is 1. The highest BCUT2D eigenvalue weighted by Gasteiger charge is 2.32. The molecular formula is C24H28ClFN2O5. The summed E-state index contributed by atoms with van der Waals surface area (Å²) in [6.07, 6.45) is 0. The minimum atomic E-state index is -1.07. The Labute approximate surface area is 197 Å². The Balaban J connectivity index is 1.56. The van der Waals surface area contributed by atoms with Gasteiger partial charge in [0.05, 0.1) is 6.61 Å². The average Bonchev–Trinajstić information content (AvgIpc) is 2.76. The molecule has 3 rings (SSSR count). The lowest BCUT2D eigenvalue weighted by Crippen LogP contribution is -2.58.